The maximum Gasteiger partial charge on any atom is 0.0931 e. The molecule has 0 spiro atoms. The second-order valence-electron chi connectivity index (χ2n) is 4.67. The molecule has 0 amide bonds. The number of nitrogens with one attached hydrogen (secondary N) is 2. The number of aromatic nitrogens is 2. The van der Waals surface area contributed by atoms with Gasteiger partial charge >= 0.3 is 0 Å². The number of hydrogen-bond acceptors (Lipinski definition) is 3. The summed E-state index contributed by atoms with van der Waals surface area (Å²) >= 11 is 0. The summed E-state index contributed by atoms with van der Waals surface area (Å²) in [5.74, 6) is 0.427. The first kappa shape index (κ1) is 12.1. The number of aliphatic hydroxyl groups is 1. The van der Waals surface area contributed by atoms with E-state index in [1.165, 1.54) is 5.56 Å². The van der Waals surface area contributed by atoms with E-state index in [-0.39, 0.29) is 12.6 Å². The molecule has 1 unspecified atom stereocenters. The van der Waals surface area contributed by atoms with Crippen LogP contribution in [0.2, 0.25) is 0 Å². The molecule has 0 saturated carbocycles. The summed E-state index contributed by atoms with van der Waals surface area (Å²) in [6.45, 7) is 5.14. The van der Waals surface area contributed by atoms with E-state index in [0.717, 1.165) is 17.6 Å². The number of aromatic amines is 1. The lowest BCUT2D eigenvalue weighted by Gasteiger charge is -2.19. The largest absolute Gasteiger partial charge is 0.395 e. The fourth-order valence-electron chi connectivity index (χ4n) is 1.85. The van der Waals surface area contributed by atoms with Crippen molar-refractivity contribution in [1.29, 1.82) is 0 Å². The number of aliphatic hydroxyl groups excluding tert-OH is 1. The van der Waals surface area contributed by atoms with Gasteiger partial charge in [-0.15, -0.1) is 0 Å². The van der Waals surface area contributed by atoms with E-state index in [1.807, 2.05) is 6.07 Å². The van der Waals surface area contributed by atoms with Gasteiger partial charge in [-0.2, -0.15) is 0 Å². The third-order valence-corrected chi connectivity index (χ3v) is 3.05. The van der Waals surface area contributed by atoms with Crippen LogP contribution in [-0.2, 0) is 6.54 Å². The molecule has 0 aliphatic carbocycles. The third kappa shape index (κ3) is 2.84. The summed E-state index contributed by atoms with van der Waals surface area (Å²) in [6, 6.07) is 6.30. The van der Waals surface area contributed by atoms with Crippen molar-refractivity contribution in [2.45, 2.75) is 26.4 Å². The fourth-order valence-corrected chi connectivity index (χ4v) is 1.85. The Hall–Kier alpha value is -1.39. The van der Waals surface area contributed by atoms with E-state index in [9.17, 15) is 5.11 Å². The zero-order valence-electron chi connectivity index (χ0n) is 10.3. The lowest BCUT2D eigenvalue weighted by molar-refractivity contribution is 0.210. The summed E-state index contributed by atoms with van der Waals surface area (Å²) in [6.07, 6.45) is 1.70. The number of nitrogens with zero attached hydrogens (tertiary/aromatic N) is 1. The Balaban J connectivity index is 2.02. The zero-order valence-corrected chi connectivity index (χ0v) is 10.3. The van der Waals surface area contributed by atoms with Gasteiger partial charge in [0.25, 0.3) is 0 Å². The molecule has 0 aliphatic heterocycles. The highest BCUT2D eigenvalue weighted by Gasteiger charge is 2.10. The van der Waals surface area contributed by atoms with Crippen molar-refractivity contribution >= 4 is 11.0 Å². The minimum absolute atomic E-state index is 0.146. The van der Waals surface area contributed by atoms with Gasteiger partial charge in [-0.25, -0.2) is 4.98 Å². The summed E-state index contributed by atoms with van der Waals surface area (Å²) < 4.78 is 0. The molecule has 2 aromatic rings. The number of H-pyrrole nitrogens is 1. The summed E-state index contributed by atoms with van der Waals surface area (Å²) in [7, 11) is 0. The Bertz CT molecular complexity index is 478. The van der Waals surface area contributed by atoms with Crippen LogP contribution in [0.4, 0.5) is 0 Å². The van der Waals surface area contributed by atoms with Gasteiger partial charge in [0.2, 0.25) is 0 Å². The standard InChI is InChI=1S/C13H19N3O/c1-9(2)13(7-17)14-6-10-3-4-11-12(5-10)16-8-15-11/h3-5,8-9,13-14,17H,6-7H2,1-2H3,(H,15,16). The highest BCUT2D eigenvalue weighted by atomic mass is 16.3. The zero-order chi connectivity index (χ0) is 12.3. The first-order valence-corrected chi connectivity index (χ1v) is 5.97. The molecule has 0 bridgehead atoms. The maximum absolute atomic E-state index is 9.23. The highest BCUT2D eigenvalue weighted by Crippen LogP contribution is 2.12. The monoisotopic (exact) mass is 233 g/mol. The molecule has 2 rings (SSSR count). The predicted octanol–water partition coefficient (Wildman–Crippen LogP) is 1.67. The van der Waals surface area contributed by atoms with Crippen LogP contribution < -0.4 is 5.32 Å². The Morgan fingerprint density at radius 3 is 2.94 bits per heavy atom. The number of benzene rings is 1. The molecule has 4 nitrogen and oxygen atoms in total. The molecule has 0 radical (unpaired) electrons. The van der Waals surface area contributed by atoms with Gasteiger partial charge in [0, 0.05) is 12.6 Å². The Morgan fingerprint density at radius 1 is 1.41 bits per heavy atom. The first-order valence-electron chi connectivity index (χ1n) is 5.97. The summed E-state index contributed by atoms with van der Waals surface area (Å²) in [5.41, 5.74) is 3.23. The summed E-state index contributed by atoms with van der Waals surface area (Å²) in [5, 5.41) is 12.6. The lowest BCUT2D eigenvalue weighted by atomic mass is 10.1. The Labute approximate surface area is 101 Å². The number of hydrogen-bond donors (Lipinski definition) is 3. The number of rotatable bonds is 5. The van der Waals surface area contributed by atoms with Crippen molar-refractivity contribution < 1.29 is 5.11 Å². The van der Waals surface area contributed by atoms with E-state index in [1.54, 1.807) is 6.33 Å². The van der Waals surface area contributed by atoms with Crippen LogP contribution in [0, 0.1) is 5.92 Å². The van der Waals surface area contributed by atoms with Crippen molar-refractivity contribution in [3.05, 3.63) is 30.1 Å². The van der Waals surface area contributed by atoms with Crippen LogP contribution in [0.1, 0.15) is 19.4 Å². The average molecular weight is 233 g/mol. The fraction of sp³-hybridized carbons (Fsp3) is 0.462. The minimum atomic E-state index is 0.146. The number of imidazole rings is 1. The van der Waals surface area contributed by atoms with Gasteiger partial charge in [-0.3, -0.25) is 0 Å². The topological polar surface area (TPSA) is 60.9 Å². The van der Waals surface area contributed by atoms with Crippen molar-refractivity contribution in [1.82, 2.24) is 15.3 Å². The van der Waals surface area contributed by atoms with Crippen LogP contribution in [0.3, 0.4) is 0 Å². The van der Waals surface area contributed by atoms with Crippen molar-refractivity contribution in [3.63, 3.8) is 0 Å². The SMILES string of the molecule is CC(C)C(CO)NCc1ccc2nc[nH]c2c1. The molecular weight excluding hydrogens is 214 g/mol. The molecule has 1 heterocycles. The van der Waals surface area contributed by atoms with Crippen molar-refractivity contribution in [2.75, 3.05) is 6.61 Å². The smallest absolute Gasteiger partial charge is 0.0931 e. The molecule has 17 heavy (non-hydrogen) atoms. The average Bonchev–Trinajstić information content (AvgIpc) is 2.76. The van der Waals surface area contributed by atoms with Gasteiger partial charge in [-0.1, -0.05) is 19.9 Å². The first-order chi connectivity index (χ1) is 8.20. The van der Waals surface area contributed by atoms with Crippen LogP contribution >= 0.6 is 0 Å². The molecular formula is C13H19N3O. The van der Waals surface area contributed by atoms with E-state index < -0.39 is 0 Å². The van der Waals surface area contributed by atoms with Crippen LogP contribution in [0.5, 0.6) is 0 Å². The maximum atomic E-state index is 9.23. The third-order valence-electron chi connectivity index (χ3n) is 3.05. The second-order valence-corrected chi connectivity index (χ2v) is 4.67. The molecule has 0 saturated heterocycles. The second kappa shape index (κ2) is 5.29. The molecule has 3 N–H and O–H groups in total. The Morgan fingerprint density at radius 2 is 2.24 bits per heavy atom. The predicted molar refractivity (Wildman–Crippen MR) is 68.6 cm³/mol. The van der Waals surface area contributed by atoms with Gasteiger partial charge in [0.15, 0.2) is 0 Å². The van der Waals surface area contributed by atoms with Crippen molar-refractivity contribution in [3.8, 4) is 0 Å². The Kier molecular flexibility index (Phi) is 3.76. The van der Waals surface area contributed by atoms with Crippen molar-refractivity contribution in [2.24, 2.45) is 5.92 Å². The van der Waals surface area contributed by atoms with E-state index >= 15 is 0 Å². The molecule has 1 aromatic heterocycles. The van der Waals surface area contributed by atoms with Crippen LogP contribution in [0.25, 0.3) is 11.0 Å². The molecule has 0 fully saturated rings. The molecule has 0 aliphatic rings. The highest BCUT2D eigenvalue weighted by molar-refractivity contribution is 5.74. The van der Waals surface area contributed by atoms with Crippen LogP contribution in [0.15, 0.2) is 24.5 Å². The lowest BCUT2D eigenvalue weighted by Crippen LogP contribution is -2.36. The molecule has 1 aromatic carbocycles. The van der Waals surface area contributed by atoms with Gasteiger partial charge in [-0.05, 0) is 23.6 Å². The normalized spacial score (nSPS) is 13.4. The van der Waals surface area contributed by atoms with Gasteiger partial charge < -0.3 is 15.4 Å². The molecule has 4 heteroatoms. The minimum Gasteiger partial charge on any atom is -0.395 e. The van der Waals surface area contributed by atoms with Gasteiger partial charge in [0.05, 0.1) is 24.0 Å². The van der Waals surface area contributed by atoms with E-state index in [4.69, 9.17) is 0 Å². The number of fused-ring (bicyclic) bond motifs is 1. The molecule has 92 valence electrons. The van der Waals surface area contributed by atoms with Gasteiger partial charge in [0.1, 0.15) is 0 Å². The van der Waals surface area contributed by atoms with E-state index in [0.29, 0.717) is 5.92 Å². The van der Waals surface area contributed by atoms with Crippen LogP contribution in [-0.4, -0.2) is 27.7 Å². The quantitative estimate of drug-likeness (QED) is 0.736. The molecule has 1 atom stereocenters. The summed E-state index contributed by atoms with van der Waals surface area (Å²) in [4.78, 5) is 7.28. The van der Waals surface area contributed by atoms with E-state index in [2.05, 4.69) is 41.3 Å².